The highest BCUT2D eigenvalue weighted by Crippen LogP contribution is 2.32. The maximum absolute atomic E-state index is 12.3. The number of alkyl halides is 3. The first-order valence-electron chi connectivity index (χ1n) is 3.86. The molecule has 0 fully saturated rings. The van der Waals surface area contributed by atoms with Crippen molar-refractivity contribution in [3.05, 3.63) is 39.7 Å². The van der Waals surface area contributed by atoms with E-state index in [9.17, 15) is 13.2 Å². The zero-order valence-corrected chi connectivity index (χ0v) is 8.15. The van der Waals surface area contributed by atoms with Crippen LogP contribution in [-0.2, 0) is 12.7 Å². The van der Waals surface area contributed by atoms with E-state index in [2.05, 4.69) is 5.32 Å². The minimum atomic E-state index is -4.33. The van der Waals surface area contributed by atoms with Gasteiger partial charge < -0.3 is 5.32 Å². The Labute approximate surface area is 84.9 Å². The van der Waals surface area contributed by atoms with Crippen molar-refractivity contribution in [2.75, 3.05) is 7.05 Å². The number of rotatable bonds is 2. The number of benzene rings is 1. The van der Waals surface area contributed by atoms with Crippen LogP contribution in [0.25, 0.3) is 5.32 Å². The lowest BCUT2D eigenvalue weighted by Crippen LogP contribution is -2.05. The van der Waals surface area contributed by atoms with Crippen molar-refractivity contribution in [3.8, 4) is 0 Å². The van der Waals surface area contributed by atoms with Crippen LogP contribution in [0.5, 0.6) is 0 Å². The summed E-state index contributed by atoms with van der Waals surface area (Å²) in [5, 5.41) is 4.05. The average molecular weight is 223 g/mol. The largest absolute Gasteiger partial charge is 0.661 e. The smallest absolute Gasteiger partial charge is 0.416 e. The van der Waals surface area contributed by atoms with Gasteiger partial charge in [-0.05, 0) is 23.8 Å². The van der Waals surface area contributed by atoms with E-state index >= 15 is 0 Å². The van der Waals surface area contributed by atoms with E-state index in [0.717, 1.165) is 12.1 Å². The van der Waals surface area contributed by atoms with Crippen molar-refractivity contribution in [2.24, 2.45) is 0 Å². The first kappa shape index (κ1) is 11.3. The monoisotopic (exact) mass is 222 g/mol. The topological polar surface area (TPSA) is 14.1 Å². The van der Waals surface area contributed by atoms with E-state index in [0.29, 0.717) is 10.6 Å². The lowest BCUT2D eigenvalue weighted by Gasteiger charge is -2.15. The van der Waals surface area contributed by atoms with Crippen LogP contribution in [0, 0.1) is 0 Å². The van der Waals surface area contributed by atoms with Gasteiger partial charge in [0, 0.05) is 5.02 Å². The van der Waals surface area contributed by atoms with Gasteiger partial charge >= 0.3 is 6.18 Å². The Morgan fingerprint density at radius 2 is 2.00 bits per heavy atom. The second kappa shape index (κ2) is 4.19. The highest BCUT2D eigenvalue weighted by Gasteiger charge is 2.30. The molecule has 1 aromatic rings. The minimum absolute atomic E-state index is 0.197. The van der Waals surface area contributed by atoms with E-state index < -0.39 is 11.7 Å². The summed E-state index contributed by atoms with van der Waals surface area (Å²) in [6.07, 6.45) is -4.33. The number of nitrogens with zero attached hydrogens (tertiary/aromatic N) is 1. The number of hydrogen-bond donors (Lipinski definition) is 0. The van der Waals surface area contributed by atoms with Crippen LogP contribution in [0.3, 0.4) is 0 Å². The molecule has 1 nitrogen and oxygen atoms in total. The third-order valence-corrected chi connectivity index (χ3v) is 2.07. The molecule has 0 heterocycles. The summed E-state index contributed by atoms with van der Waals surface area (Å²) >= 11 is 5.70. The van der Waals surface area contributed by atoms with Crippen LogP contribution in [0.4, 0.5) is 13.2 Å². The van der Waals surface area contributed by atoms with Crippen LogP contribution < -0.4 is 0 Å². The molecule has 78 valence electrons. The van der Waals surface area contributed by atoms with Crippen LogP contribution >= 0.6 is 11.6 Å². The molecule has 0 saturated heterocycles. The van der Waals surface area contributed by atoms with E-state index in [1.807, 2.05) is 0 Å². The molecule has 0 saturated carbocycles. The predicted molar refractivity (Wildman–Crippen MR) is 49.4 cm³/mol. The fourth-order valence-electron chi connectivity index (χ4n) is 1.04. The SMILES string of the molecule is C[N-]Cc1cc(C(F)(F)F)ccc1Cl. The molecule has 0 aromatic heterocycles. The van der Waals surface area contributed by atoms with Gasteiger partial charge in [-0.3, -0.25) is 0 Å². The molecule has 1 rings (SSSR count). The first-order chi connectivity index (χ1) is 6.45. The van der Waals surface area contributed by atoms with Gasteiger partial charge in [0.2, 0.25) is 0 Å². The van der Waals surface area contributed by atoms with Gasteiger partial charge in [0.05, 0.1) is 5.56 Å². The third kappa shape index (κ3) is 2.62. The fourth-order valence-corrected chi connectivity index (χ4v) is 1.22. The standard InChI is InChI=1S/C9H8ClF3N/c1-14-5-6-4-7(9(11,12)13)2-3-8(6)10/h2-4H,5H2,1H3/q-1. The Bertz CT molecular complexity index is 322. The maximum Gasteiger partial charge on any atom is 0.416 e. The Balaban J connectivity index is 3.06. The molecular formula is C9H8ClF3N-. The predicted octanol–water partition coefficient (Wildman–Crippen LogP) is 3.86. The molecule has 0 unspecified atom stereocenters. The van der Waals surface area contributed by atoms with Gasteiger partial charge in [-0.1, -0.05) is 11.6 Å². The van der Waals surface area contributed by atoms with Crippen LogP contribution in [0.1, 0.15) is 11.1 Å². The molecule has 0 N–H and O–H groups in total. The third-order valence-electron chi connectivity index (χ3n) is 1.70. The van der Waals surface area contributed by atoms with Crippen LogP contribution in [-0.4, -0.2) is 7.05 Å². The number of halogens is 4. The van der Waals surface area contributed by atoms with Gasteiger partial charge in [0.25, 0.3) is 0 Å². The first-order valence-corrected chi connectivity index (χ1v) is 4.24. The van der Waals surface area contributed by atoms with Crippen molar-refractivity contribution in [2.45, 2.75) is 12.7 Å². The summed E-state index contributed by atoms with van der Waals surface area (Å²) in [6.45, 7) is 0.197. The van der Waals surface area contributed by atoms with Crippen molar-refractivity contribution >= 4 is 11.6 Å². The summed E-state index contributed by atoms with van der Waals surface area (Å²) in [5.74, 6) is 0. The zero-order chi connectivity index (χ0) is 10.8. The molecule has 0 radical (unpaired) electrons. The van der Waals surface area contributed by atoms with Crippen molar-refractivity contribution in [1.29, 1.82) is 0 Å². The Morgan fingerprint density at radius 3 is 2.50 bits per heavy atom. The highest BCUT2D eigenvalue weighted by molar-refractivity contribution is 6.31. The highest BCUT2D eigenvalue weighted by atomic mass is 35.5. The van der Waals surface area contributed by atoms with E-state index in [1.54, 1.807) is 0 Å². The molecule has 0 aliphatic heterocycles. The Hall–Kier alpha value is -0.740. The second-order valence-corrected chi connectivity index (χ2v) is 3.19. The van der Waals surface area contributed by atoms with Crippen LogP contribution in [0.2, 0.25) is 5.02 Å². The van der Waals surface area contributed by atoms with E-state index in [-0.39, 0.29) is 6.54 Å². The maximum atomic E-state index is 12.3. The summed E-state index contributed by atoms with van der Waals surface area (Å²) < 4.78 is 36.8. The van der Waals surface area contributed by atoms with Crippen molar-refractivity contribution in [3.63, 3.8) is 0 Å². The molecule has 1 aromatic carbocycles. The molecule has 0 spiro atoms. The quantitative estimate of drug-likeness (QED) is 0.721. The number of hydrogen-bond acceptors (Lipinski definition) is 0. The molecular weight excluding hydrogens is 215 g/mol. The zero-order valence-electron chi connectivity index (χ0n) is 7.40. The summed E-state index contributed by atoms with van der Waals surface area (Å²) in [4.78, 5) is 0. The second-order valence-electron chi connectivity index (χ2n) is 2.78. The Kier molecular flexibility index (Phi) is 3.39. The summed E-state index contributed by atoms with van der Waals surface area (Å²) in [6, 6.07) is 3.22. The van der Waals surface area contributed by atoms with Gasteiger partial charge in [-0.15, -0.1) is 6.54 Å². The van der Waals surface area contributed by atoms with E-state index in [1.165, 1.54) is 13.1 Å². The van der Waals surface area contributed by atoms with E-state index in [4.69, 9.17) is 11.6 Å². The summed E-state index contributed by atoms with van der Waals surface area (Å²) in [5.41, 5.74) is -0.301. The summed E-state index contributed by atoms with van der Waals surface area (Å²) in [7, 11) is 1.52. The van der Waals surface area contributed by atoms with Crippen LogP contribution in [0.15, 0.2) is 18.2 Å². The lowest BCUT2D eigenvalue weighted by molar-refractivity contribution is -0.137. The molecule has 0 bridgehead atoms. The minimum Gasteiger partial charge on any atom is -0.661 e. The molecule has 5 heteroatoms. The molecule has 14 heavy (non-hydrogen) atoms. The van der Waals surface area contributed by atoms with Crippen molar-refractivity contribution < 1.29 is 13.2 Å². The lowest BCUT2D eigenvalue weighted by atomic mass is 10.1. The molecule has 0 aliphatic rings. The van der Waals surface area contributed by atoms with Gasteiger partial charge in [0.15, 0.2) is 0 Å². The van der Waals surface area contributed by atoms with Crippen molar-refractivity contribution in [1.82, 2.24) is 0 Å². The molecule has 0 aliphatic carbocycles. The average Bonchev–Trinajstić information content (AvgIpc) is 2.07. The normalized spacial score (nSPS) is 11.8. The molecule has 0 atom stereocenters. The van der Waals surface area contributed by atoms with Gasteiger partial charge in [-0.25, -0.2) is 0 Å². The molecule has 0 amide bonds. The Morgan fingerprint density at radius 1 is 1.36 bits per heavy atom. The fraction of sp³-hybridized carbons (Fsp3) is 0.333. The van der Waals surface area contributed by atoms with Gasteiger partial charge in [-0.2, -0.15) is 20.2 Å². The van der Waals surface area contributed by atoms with Gasteiger partial charge in [0.1, 0.15) is 0 Å².